The number of halogens is 1. The molecular weight excluding hydrogens is 342 g/mol. The summed E-state index contributed by atoms with van der Waals surface area (Å²) in [5, 5.41) is 0. The van der Waals surface area contributed by atoms with E-state index < -0.39 is 0 Å². The van der Waals surface area contributed by atoms with Crippen LogP contribution in [-0.4, -0.2) is 35.9 Å². The molecule has 22 heavy (non-hydrogen) atoms. The fourth-order valence-corrected chi connectivity index (χ4v) is 2.13. The lowest BCUT2D eigenvalue weighted by atomic mass is 10.2. The number of pyridine rings is 1. The third-order valence-corrected chi connectivity index (χ3v) is 3.71. The van der Waals surface area contributed by atoms with Gasteiger partial charge in [-0.3, -0.25) is 0 Å². The number of aryl methyl sites for hydroxylation is 1. The van der Waals surface area contributed by atoms with Crippen LogP contribution in [0, 0.1) is 6.92 Å². The Morgan fingerprint density at radius 1 is 1.41 bits per heavy atom. The van der Waals surface area contributed by atoms with Crippen LogP contribution in [0.1, 0.15) is 25.5 Å². The lowest BCUT2D eigenvalue weighted by molar-refractivity contribution is 0.198. The van der Waals surface area contributed by atoms with Crippen molar-refractivity contribution in [3.05, 3.63) is 41.5 Å². The summed E-state index contributed by atoms with van der Waals surface area (Å²) in [5.41, 5.74) is 1.65. The van der Waals surface area contributed by atoms with Crippen molar-refractivity contribution in [3.8, 4) is 5.88 Å². The van der Waals surface area contributed by atoms with E-state index in [1.54, 1.807) is 6.34 Å². The van der Waals surface area contributed by atoms with Crippen LogP contribution in [0.3, 0.4) is 0 Å². The monoisotopic (exact) mass is 365 g/mol. The molecule has 5 heteroatoms. The van der Waals surface area contributed by atoms with Gasteiger partial charge in [0, 0.05) is 26.4 Å². The van der Waals surface area contributed by atoms with Crippen molar-refractivity contribution in [2.45, 2.75) is 32.8 Å². The van der Waals surface area contributed by atoms with Gasteiger partial charge in [-0.2, -0.15) is 0 Å². The Morgan fingerprint density at radius 2 is 2.05 bits per heavy atom. The first-order chi connectivity index (χ1) is 10.5. The molecule has 0 saturated carbocycles. The Morgan fingerprint density at radius 3 is 2.59 bits per heavy atom. The number of ether oxygens (including phenoxy) is 1. The maximum atomic E-state index is 5.95. The van der Waals surface area contributed by atoms with Crippen LogP contribution in [0.15, 0.2) is 40.8 Å². The molecule has 1 aromatic rings. The highest BCUT2D eigenvalue weighted by Crippen LogP contribution is 2.30. The number of nitrogens with zero attached hydrogens (tertiary/aromatic N) is 3. The molecular formula is C17H24BrN3O. The van der Waals surface area contributed by atoms with Gasteiger partial charge in [0.05, 0.1) is 22.2 Å². The zero-order valence-electron chi connectivity index (χ0n) is 13.6. The van der Waals surface area contributed by atoms with Crippen molar-refractivity contribution in [2.24, 2.45) is 4.99 Å². The predicted octanol–water partition coefficient (Wildman–Crippen LogP) is 4.66. The zero-order chi connectivity index (χ0) is 16.5. The van der Waals surface area contributed by atoms with Gasteiger partial charge in [-0.05, 0) is 35.8 Å². The molecule has 4 nitrogen and oxygen atoms in total. The Kier molecular flexibility index (Phi) is 7.88. The number of hydrogen-bond acceptors (Lipinski definition) is 3. The van der Waals surface area contributed by atoms with Crippen molar-refractivity contribution in [1.29, 1.82) is 0 Å². The van der Waals surface area contributed by atoms with Gasteiger partial charge in [0.1, 0.15) is 6.10 Å². The summed E-state index contributed by atoms with van der Waals surface area (Å²) in [7, 11) is 1.98. The van der Waals surface area contributed by atoms with Gasteiger partial charge in [0.2, 0.25) is 5.88 Å². The van der Waals surface area contributed by atoms with Gasteiger partial charge in [-0.1, -0.05) is 12.2 Å². The topological polar surface area (TPSA) is 37.7 Å². The molecule has 0 fully saturated rings. The van der Waals surface area contributed by atoms with Crippen LogP contribution in [0.2, 0.25) is 0 Å². The van der Waals surface area contributed by atoms with Gasteiger partial charge in [0.25, 0.3) is 0 Å². The molecule has 0 aliphatic heterocycles. The van der Waals surface area contributed by atoms with Crippen molar-refractivity contribution >= 4 is 28.0 Å². The smallest absolute Gasteiger partial charge is 0.228 e. The average molecular weight is 366 g/mol. The Bertz CT molecular complexity index is 533. The second-order valence-electron chi connectivity index (χ2n) is 4.99. The van der Waals surface area contributed by atoms with Crippen molar-refractivity contribution < 1.29 is 4.74 Å². The molecule has 0 atom stereocenters. The third-order valence-electron chi connectivity index (χ3n) is 3.14. The SMILES string of the molecule is C=CCC(CC=C)Oc1nc(C)c(N=CN(C)CC)cc1Br. The molecule has 0 aliphatic rings. The molecule has 120 valence electrons. The molecule has 0 aromatic carbocycles. The molecule has 0 spiro atoms. The van der Waals surface area contributed by atoms with E-state index >= 15 is 0 Å². The Balaban J connectivity index is 2.95. The maximum Gasteiger partial charge on any atom is 0.228 e. The number of aromatic nitrogens is 1. The van der Waals surface area contributed by atoms with Gasteiger partial charge < -0.3 is 9.64 Å². The van der Waals surface area contributed by atoms with Crippen molar-refractivity contribution in [2.75, 3.05) is 13.6 Å². The molecule has 0 radical (unpaired) electrons. The van der Waals surface area contributed by atoms with Gasteiger partial charge in [0.15, 0.2) is 0 Å². The van der Waals surface area contributed by atoms with Crippen molar-refractivity contribution in [3.63, 3.8) is 0 Å². The van der Waals surface area contributed by atoms with E-state index in [0.717, 1.165) is 35.2 Å². The second-order valence-corrected chi connectivity index (χ2v) is 5.84. The Labute approximate surface area is 141 Å². The van der Waals surface area contributed by atoms with Crippen LogP contribution in [0.25, 0.3) is 0 Å². The molecule has 0 N–H and O–H groups in total. The van der Waals surface area contributed by atoms with Crippen LogP contribution >= 0.6 is 15.9 Å². The third kappa shape index (κ3) is 5.64. The standard InChI is InChI=1S/C17H24BrN3O/c1-6-9-14(10-7-2)22-17-15(18)11-16(13(4)20-17)19-12-21(5)8-3/h6-7,11-12,14H,1-2,8-10H2,3-5H3. The zero-order valence-corrected chi connectivity index (χ0v) is 15.1. The first-order valence-electron chi connectivity index (χ1n) is 7.31. The van der Waals surface area contributed by atoms with E-state index in [4.69, 9.17) is 4.74 Å². The van der Waals surface area contributed by atoms with Crippen LogP contribution < -0.4 is 4.74 Å². The second kappa shape index (κ2) is 9.41. The summed E-state index contributed by atoms with van der Waals surface area (Å²) in [6, 6.07) is 1.93. The summed E-state index contributed by atoms with van der Waals surface area (Å²) in [5.74, 6) is 0.578. The largest absolute Gasteiger partial charge is 0.473 e. The van der Waals surface area contributed by atoms with Gasteiger partial charge in [-0.25, -0.2) is 9.98 Å². The summed E-state index contributed by atoms with van der Waals surface area (Å²) in [6.45, 7) is 12.4. The molecule has 0 bridgehead atoms. The van der Waals surface area contributed by atoms with Crippen LogP contribution in [0.4, 0.5) is 5.69 Å². The number of hydrogen-bond donors (Lipinski definition) is 0. The highest BCUT2D eigenvalue weighted by molar-refractivity contribution is 9.10. The molecule has 0 aliphatic carbocycles. The van der Waals surface area contributed by atoms with E-state index in [1.165, 1.54) is 0 Å². The average Bonchev–Trinajstić information content (AvgIpc) is 2.49. The molecule has 0 unspecified atom stereocenters. The normalized spacial score (nSPS) is 11.0. The molecule has 0 saturated heterocycles. The fraction of sp³-hybridized carbons (Fsp3) is 0.412. The molecule has 0 amide bonds. The van der Waals surface area contributed by atoms with E-state index in [2.05, 4.69) is 46.0 Å². The summed E-state index contributed by atoms with van der Waals surface area (Å²) < 4.78 is 6.74. The number of aliphatic imine (C=N–C) groups is 1. The summed E-state index contributed by atoms with van der Waals surface area (Å²) in [6.07, 6.45) is 6.98. The molecule has 1 rings (SSSR count). The summed E-state index contributed by atoms with van der Waals surface area (Å²) >= 11 is 3.51. The highest BCUT2D eigenvalue weighted by Gasteiger charge is 2.13. The minimum Gasteiger partial charge on any atom is -0.473 e. The first kappa shape index (κ1) is 18.4. The lowest BCUT2D eigenvalue weighted by Crippen LogP contribution is -2.16. The van der Waals surface area contributed by atoms with Gasteiger partial charge >= 0.3 is 0 Å². The fourth-order valence-electron chi connectivity index (χ4n) is 1.73. The molecule has 1 aromatic heterocycles. The van der Waals surface area contributed by atoms with Crippen molar-refractivity contribution in [1.82, 2.24) is 9.88 Å². The quantitative estimate of drug-likeness (QED) is 0.362. The number of rotatable bonds is 9. The van der Waals surface area contributed by atoms with E-state index in [-0.39, 0.29) is 6.10 Å². The Hall–Kier alpha value is -1.62. The lowest BCUT2D eigenvalue weighted by Gasteiger charge is -2.17. The first-order valence-corrected chi connectivity index (χ1v) is 8.11. The minimum atomic E-state index is -0.00113. The van der Waals surface area contributed by atoms with E-state index in [0.29, 0.717) is 5.88 Å². The van der Waals surface area contributed by atoms with Crippen LogP contribution in [-0.2, 0) is 0 Å². The van der Waals surface area contributed by atoms with E-state index in [1.807, 2.05) is 37.1 Å². The van der Waals surface area contributed by atoms with Gasteiger partial charge in [-0.15, -0.1) is 13.2 Å². The highest BCUT2D eigenvalue weighted by atomic mass is 79.9. The van der Waals surface area contributed by atoms with E-state index in [9.17, 15) is 0 Å². The van der Waals surface area contributed by atoms with Crippen LogP contribution in [0.5, 0.6) is 5.88 Å². The summed E-state index contributed by atoms with van der Waals surface area (Å²) in [4.78, 5) is 11.0. The maximum absolute atomic E-state index is 5.95. The predicted molar refractivity (Wildman–Crippen MR) is 97.2 cm³/mol. The minimum absolute atomic E-state index is 0.00113. The molecule has 1 heterocycles.